The Balaban J connectivity index is 1.35. The van der Waals surface area contributed by atoms with E-state index < -0.39 is 0 Å². The summed E-state index contributed by atoms with van der Waals surface area (Å²) in [5.74, 6) is 0.896. The molecule has 2 aromatic carbocycles. The fourth-order valence-electron chi connectivity index (χ4n) is 3.69. The molecule has 8 nitrogen and oxygen atoms in total. The summed E-state index contributed by atoms with van der Waals surface area (Å²) in [7, 11) is 3.52. The Hall–Kier alpha value is -3.65. The van der Waals surface area contributed by atoms with Crippen LogP contribution in [0.25, 0.3) is 0 Å². The van der Waals surface area contributed by atoms with E-state index in [0.29, 0.717) is 5.56 Å². The van der Waals surface area contributed by atoms with E-state index in [0.717, 1.165) is 35.1 Å². The third-order valence-corrected chi connectivity index (χ3v) is 5.69. The molecule has 4 rings (SSSR count). The predicted molar refractivity (Wildman–Crippen MR) is 127 cm³/mol. The van der Waals surface area contributed by atoms with Gasteiger partial charge in [-0.3, -0.25) is 19.8 Å². The van der Waals surface area contributed by atoms with E-state index in [-0.39, 0.29) is 18.1 Å². The normalized spacial score (nSPS) is 17.8. The molecule has 2 unspecified atom stereocenters. The molecule has 3 aromatic rings. The van der Waals surface area contributed by atoms with Gasteiger partial charge in [-0.15, -0.1) is 0 Å². The molecule has 1 aromatic heterocycles. The fraction of sp³-hybridized carbons (Fsp3) is 0.292. The van der Waals surface area contributed by atoms with Crippen LogP contribution in [0.5, 0.6) is 5.75 Å². The van der Waals surface area contributed by atoms with Crippen LogP contribution in [0.4, 0.5) is 11.4 Å². The Kier molecular flexibility index (Phi) is 6.23. The number of aryl methyl sites for hydroxylation is 2. The van der Waals surface area contributed by atoms with Crippen LogP contribution in [0, 0.1) is 13.8 Å². The van der Waals surface area contributed by atoms with E-state index in [4.69, 9.17) is 4.74 Å². The highest BCUT2D eigenvalue weighted by molar-refractivity contribution is 6.05. The number of methoxy groups -OCH3 is 1. The number of rotatable bonds is 6. The Morgan fingerprint density at radius 2 is 1.84 bits per heavy atom. The van der Waals surface area contributed by atoms with Gasteiger partial charge in [0.2, 0.25) is 0 Å². The van der Waals surface area contributed by atoms with Gasteiger partial charge in [-0.1, -0.05) is 12.1 Å². The summed E-state index contributed by atoms with van der Waals surface area (Å²) in [5, 5.41) is 14.0. The summed E-state index contributed by atoms with van der Waals surface area (Å²) >= 11 is 0. The molecule has 0 bridgehead atoms. The maximum absolute atomic E-state index is 12.6. The summed E-state index contributed by atoms with van der Waals surface area (Å²) < 4.78 is 6.97. The smallest absolute Gasteiger partial charge is 0.255 e. The largest absolute Gasteiger partial charge is 0.497 e. The summed E-state index contributed by atoms with van der Waals surface area (Å²) in [6, 6.07) is 15.4. The average molecular weight is 433 g/mol. The first kappa shape index (κ1) is 21.6. The van der Waals surface area contributed by atoms with Gasteiger partial charge in [-0.2, -0.15) is 5.10 Å². The molecule has 32 heavy (non-hydrogen) atoms. The molecule has 0 saturated carbocycles. The zero-order chi connectivity index (χ0) is 22.7. The monoisotopic (exact) mass is 432 g/mol. The number of hydrogen-bond acceptors (Lipinski definition) is 6. The van der Waals surface area contributed by atoms with E-state index in [1.54, 1.807) is 23.9 Å². The van der Waals surface area contributed by atoms with Gasteiger partial charge in [-0.25, -0.2) is 0 Å². The van der Waals surface area contributed by atoms with E-state index in [2.05, 4.69) is 38.2 Å². The van der Waals surface area contributed by atoms with Crippen LogP contribution >= 0.6 is 0 Å². The summed E-state index contributed by atoms with van der Waals surface area (Å²) in [4.78, 5) is 17.2. The van der Waals surface area contributed by atoms with Crippen molar-refractivity contribution < 1.29 is 9.53 Å². The van der Waals surface area contributed by atoms with Crippen molar-refractivity contribution in [1.29, 1.82) is 0 Å². The summed E-state index contributed by atoms with van der Waals surface area (Å²) in [5.41, 5.74) is 5.13. The van der Waals surface area contributed by atoms with Gasteiger partial charge in [-0.05, 0) is 55.8 Å². The molecule has 2 heterocycles. The van der Waals surface area contributed by atoms with Gasteiger partial charge >= 0.3 is 0 Å². The van der Waals surface area contributed by atoms with Crippen molar-refractivity contribution in [2.45, 2.75) is 26.1 Å². The Bertz CT molecular complexity index is 1120. The van der Waals surface area contributed by atoms with E-state index >= 15 is 0 Å². The van der Waals surface area contributed by atoms with Crippen LogP contribution in [0.3, 0.4) is 0 Å². The molecule has 0 aliphatic carbocycles. The fourth-order valence-corrected chi connectivity index (χ4v) is 3.69. The number of anilines is 2. The maximum atomic E-state index is 12.6. The number of amides is 1. The number of hydrogen-bond donors (Lipinski definition) is 3. The molecule has 0 fully saturated rings. The Morgan fingerprint density at radius 1 is 1.12 bits per heavy atom. The van der Waals surface area contributed by atoms with Gasteiger partial charge in [0.15, 0.2) is 6.29 Å². The highest BCUT2D eigenvalue weighted by atomic mass is 16.5. The minimum atomic E-state index is -0.218. The van der Waals surface area contributed by atoms with Crippen LogP contribution < -0.4 is 20.7 Å². The Labute approximate surface area is 187 Å². The van der Waals surface area contributed by atoms with Crippen molar-refractivity contribution >= 4 is 23.5 Å². The highest BCUT2D eigenvalue weighted by Crippen LogP contribution is 2.22. The van der Waals surface area contributed by atoms with Crippen molar-refractivity contribution in [3.63, 3.8) is 0 Å². The lowest BCUT2D eigenvalue weighted by Gasteiger charge is -2.25. The van der Waals surface area contributed by atoms with Gasteiger partial charge in [0.1, 0.15) is 5.75 Å². The zero-order valence-corrected chi connectivity index (χ0v) is 18.7. The molecule has 1 amide bonds. The van der Waals surface area contributed by atoms with E-state index in [1.807, 2.05) is 51.4 Å². The minimum Gasteiger partial charge on any atom is -0.497 e. The molecule has 1 aliphatic rings. The number of carbonyl (C=O) groups excluding carboxylic acids is 1. The molecule has 0 spiro atoms. The van der Waals surface area contributed by atoms with Gasteiger partial charge < -0.3 is 15.4 Å². The SMILES string of the molecule is COc1ccc(C2C=NC(Nc3ccc(C(=O)Nc4c(C)nn(C)c4C)cc3)NC2)cc1. The highest BCUT2D eigenvalue weighted by Gasteiger charge is 2.18. The maximum Gasteiger partial charge on any atom is 0.255 e. The van der Waals surface area contributed by atoms with Crippen LogP contribution in [-0.2, 0) is 7.05 Å². The number of nitrogens with zero attached hydrogens (tertiary/aromatic N) is 3. The lowest BCUT2D eigenvalue weighted by Crippen LogP contribution is -2.41. The second-order valence-electron chi connectivity index (χ2n) is 7.83. The number of aromatic nitrogens is 2. The second-order valence-corrected chi connectivity index (χ2v) is 7.83. The topological polar surface area (TPSA) is 92.6 Å². The number of benzene rings is 2. The van der Waals surface area contributed by atoms with Crippen LogP contribution in [0.1, 0.15) is 33.2 Å². The van der Waals surface area contributed by atoms with Crippen molar-refractivity contribution in [1.82, 2.24) is 15.1 Å². The zero-order valence-electron chi connectivity index (χ0n) is 18.7. The molecule has 166 valence electrons. The standard InChI is InChI=1S/C24H28N6O2/c1-15-22(16(2)30(3)29-15)28-23(31)18-5-9-20(10-6-18)27-24-25-13-19(14-26-24)17-7-11-21(32-4)12-8-17/h5-13,19,24,26-27H,14H2,1-4H3,(H,28,31). The lowest BCUT2D eigenvalue weighted by molar-refractivity contribution is 0.102. The lowest BCUT2D eigenvalue weighted by atomic mass is 9.99. The van der Waals surface area contributed by atoms with Crippen LogP contribution in [0.2, 0.25) is 0 Å². The molecular weight excluding hydrogens is 404 g/mol. The van der Waals surface area contributed by atoms with Crippen molar-refractivity contribution in [3.8, 4) is 5.75 Å². The molecule has 2 atom stereocenters. The van der Waals surface area contributed by atoms with E-state index in [1.165, 1.54) is 5.56 Å². The quantitative estimate of drug-likeness (QED) is 0.555. The number of ether oxygens (including phenoxy) is 1. The number of aliphatic imine (C=N–C) groups is 1. The number of nitrogens with one attached hydrogen (secondary N) is 3. The van der Waals surface area contributed by atoms with Gasteiger partial charge in [0.05, 0.1) is 24.2 Å². The third kappa shape index (κ3) is 4.65. The molecule has 8 heteroatoms. The molecular formula is C24H28N6O2. The Morgan fingerprint density at radius 3 is 2.41 bits per heavy atom. The average Bonchev–Trinajstić information content (AvgIpc) is 3.06. The molecule has 0 radical (unpaired) electrons. The number of carbonyl (C=O) groups is 1. The third-order valence-electron chi connectivity index (χ3n) is 5.69. The van der Waals surface area contributed by atoms with Crippen LogP contribution in [-0.4, -0.2) is 41.8 Å². The molecule has 3 N–H and O–H groups in total. The summed E-state index contributed by atoms with van der Waals surface area (Å²) in [6.45, 7) is 4.59. The first-order chi connectivity index (χ1) is 15.4. The van der Waals surface area contributed by atoms with Gasteiger partial charge in [0, 0.05) is 37.0 Å². The molecule has 1 aliphatic heterocycles. The van der Waals surface area contributed by atoms with Crippen molar-refractivity contribution in [2.75, 3.05) is 24.3 Å². The summed E-state index contributed by atoms with van der Waals surface area (Å²) in [6.07, 6.45) is 1.75. The first-order valence-electron chi connectivity index (χ1n) is 10.5. The predicted octanol–water partition coefficient (Wildman–Crippen LogP) is 3.45. The van der Waals surface area contributed by atoms with Gasteiger partial charge in [0.25, 0.3) is 5.91 Å². The minimum absolute atomic E-state index is 0.160. The molecule has 0 saturated heterocycles. The van der Waals surface area contributed by atoms with Crippen molar-refractivity contribution in [2.24, 2.45) is 12.0 Å². The van der Waals surface area contributed by atoms with E-state index in [9.17, 15) is 4.79 Å². The first-order valence-corrected chi connectivity index (χ1v) is 10.5. The van der Waals surface area contributed by atoms with Crippen molar-refractivity contribution in [3.05, 3.63) is 71.0 Å². The van der Waals surface area contributed by atoms with Crippen LogP contribution in [0.15, 0.2) is 53.5 Å². The second kappa shape index (κ2) is 9.23.